The molecule has 2 aliphatic heterocycles. The summed E-state index contributed by atoms with van der Waals surface area (Å²) in [5, 5.41) is 4.92. The molecule has 0 aromatic heterocycles. The molecule has 0 spiro atoms. The van der Waals surface area contributed by atoms with Gasteiger partial charge in [0.15, 0.2) is 5.79 Å². The Labute approximate surface area is 173 Å². The Morgan fingerprint density at radius 1 is 1.30 bits per heavy atom. The van der Waals surface area contributed by atoms with E-state index < -0.39 is 29.7 Å². The van der Waals surface area contributed by atoms with Gasteiger partial charge < -0.3 is 20.3 Å². The van der Waals surface area contributed by atoms with Crippen LogP contribution in [-0.2, 0) is 14.3 Å². The van der Waals surface area contributed by atoms with Crippen molar-refractivity contribution in [1.82, 2.24) is 10.6 Å². The number of anilines is 2. The molecular formula is C20H26F2N4O4. The number of benzene rings is 1. The number of hydrogen-bond donors (Lipinski definition) is 2. The molecule has 3 amide bonds. The quantitative estimate of drug-likeness (QED) is 0.707. The first kappa shape index (κ1) is 21.8. The molecule has 10 heteroatoms. The Bertz CT molecular complexity index is 852. The van der Waals surface area contributed by atoms with Crippen LogP contribution in [0.4, 0.5) is 25.0 Å². The molecule has 0 saturated carbocycles. The maximum Gasteiger partial charge on any atom is 0.414 e. The van der Waals surface area contributed by atoms with Gasteiger partial charge in [0.2, 0.25) is 11.8 Å². The first-order chi connectivity index (χ1) is 14.1. The molecule has 2 unspecified atom stereocenters. The lowest BCUT2D eigenvalue weighted by atomic mass is 9.95. The largest absolute Gasteiger partial charge is 0.442 e. The molecule has 8 nitrogen and oxygen atoms in total. The zero-order valence-corrected chi connectivity index (χ0v) is 17.2. The molecule has 0 radical (unpaired) electrons. The van der Waals surface area contributed by atoms with Crippen molar-refractivity contribution in [3.8, 4) is 0 Å². The standard InChI is InChI=1S/C20H26F2N4O4/c1-12-9-20(22,24-14(3)28)6-7-25(12)18-5-4-15(8-17(18)21)26-11-16(30-19(26)29)10-23-13(2)27/h4-5,8,12,16H,6-7,9-11H2,1-3H3,(H,23,27)(H,24,28)/t12?,16?,20-/m1/s1. The molecule has 0 aliphatic carbocycles. The summed E-state index contributed by atoms with van der Waals surface area (Å²) in [6.45, 7) is 5.02. The average Bonchev–Trinajstić information content (AvgIpc) is 3.00. The van der Waals surface area contributed by atoms with Crippen molar-refractivity contribution < 1.29 is 27.9 Å². The molecule has 164 valence electrons. The Morgan fingerprint density at radius 3 is 2.63 bits per heavy atom. The summed E-state index contributed by atoms with van der Waals surface area (Å²) in [5.74, 6) is -3.02. The SMILES string of the molecule is CC(=O)NCC1CN(c2ccc(N3CC[C@@](F)(NC(C)=O)CC3C)c(F)c2)C(=O)O1. The Balaban J connectivity index is 1.69. The summed E-state index contributed by atoms with van der Waals surface area (Å²) in [5.41, 5.74) is 0.646. The first-order valence-electron chi connectivity index (χ1n) is 9.84. The lowest BCUT2D eigenvalue weighted by Gasteiger charge is -2.42. The predicted octanol–water partition coefficient (Wildman–Crippen LogP) is 2.08. The van der Waals surface area contributed by atoms with Crippen LogP contribution in [0.1, 0.15) is 33.6 Å². The molecule has 2 heterocycles. The topological polar surface area (TPSA) is 91.0 Å². The van der Waals surface area contributed by atoms with E-state index in [1.165, 1.54) is 24.8 Å². The van der Waals surface area contributed by atoms with Gasteiger partial charge in [0, 0.05) is 39.3 Å². The van der Waals surface area contributed by atoms with Crippen molar-refractivity contribution in [2.24, 2.45) is 0 Å². The molecule has 2 saturated heterocycles. The average molecular weight is 424 g/mol. The molecule has 1 aromatic carbocycles. The minimum absolute atomic E-state index is 0.0387. The number of alkyl halides is 1. The normalized spacial score (nSPS) is 26.4. The minimum Gasteiger partial charge on any atom is -0.442 e. The summed E-state index contributed by atoms with van der Waals surface area (Å²) in [4.78, 5) is 37.4. The van der Waals surface area contributed by atoms with Crippen LogP contribution in [0.2, 0.25) is 0 Å². The van der Waals surface area contributed by atoms with Gasteiger partial charge in [0.25, 0.3) is 0 Å². The zero-order chi connectivity index (χ0) is 22.1. The monoisotopic (exact) mass is 424 g/mol. The zero-order valence-electron chi connectivity index (χ0n) is 17.2. The minimum atomic E-state index is -1.81. The summed E-state index contributed by atoms with van der Waals surface area (Å²) in [6.07, 6.45) is -1.04. The summed E-state index contributed by atoms with van der Waals surface area (Å²) in [7, 11) is 0. The molecule has 3 rings (SSSR count). The number of rotatable bonds is 5. The Hall–Kier alpha value is -2.91. The Morgan fingerprint density at radius 2 is 2.03 bits per heavy atom. The maximum atomic E-state index is 14.9. The van der Waals surface area contributed by atoms with Crippen LogP contribution in [0.25, 0.3) is 0 Å². The summed E-state index contributed by atoms with van der Waals surface area (Å²) >= 11 is 0. The second-order valence-corrected chi connectivity index (χ2v) is 7.83. The van der Waals surface area contributed by atoms with E-state index in [0.29, 0.717) is 11.4 Å². The fraction of sp³-hybridized carbons (Fsp3) is 0.550. The molecule has 3 atom stereocenters. The molecular weight excluding hydrogens is 398 g/mol. The number of hydrogen-bond acceptors (Lipinski definition) is 5. The van der Waals surface area contributed by atoms with E-state index in [2.05, 4.69) is 10.6 Å². The van der Waals surface area contributed by atoms with E-state index >= 15 is 0 Å². The second kappa shape index (κ2) is 8.45. The highest BCUT2D eigenvalue weighted by atomic mass is 19.1. The number of ether oxygens (including phenoxy) is 1. The van der Waals surface area contributed by atoms with E-state index in [-0.39, 0.29) is 44.4 Å². The Kier molecular flexibility index (Phi) is 6.14. The van der Waals surface area contributed by atoms with Crippen LogP contribution in [-0.4, -0.2) is 55.5 Å². The van der Waals surface area contributed by atoms with E-state index in [0.717, 1.165) is 0 Å². The number of nitrogens with one attached hydrogen (secondary N) is 2. The van der Waals surface area contributed by atoms with Crippen LogP contribution in [0.3, 0.4) is 0 Å². The third kappa shape index (κ3) is 4.80. The maximum absolute atomic E-state index is 14.9. The van der Waals surface area contributed by atoms with Crippen molar-refractivity contribution in [2.75, 3.05) is 29.4 Å². The van der Waals surface area contributed by atoms with Gasteiger partial charge >= 0.3 is 6.09 Å². The lowest BCUT2D eigenvalue weighted by Crippen LogP contribution is -2.55. The van der Waals surface area contributed by atoms with Crippen LogP contribution in [0, 0.1) is 5.82 Å². The van der Waals surface area contributed by atoms with E-state index in [1.807, 2.05) is 0 Å². The highest BCUT2D eigenvalue weighted by Crippen LogP contribution is 2.35. The number of nitrogens with zero attached hydrogens (tertiary/aromatic N) is 2. The van der Waals surface area contributed by atoms with Crippen LogP contribution >= 0.6 is 0 Å². The predicted molar refractivity (Wildman–Crippen MR) is 106 cm³/mol. The molecule has 1 aromatic rings. The summed E-state index contributed by atoms with van der Waals surface area (Å²) in [6, 6.07) is 4.07. The van der Waals surface area contributed by atoms with Gasteiger partial charge in [0.05, 0.1) is 24.5 Å². The van der Waals surface area contributed by atoms with Crippen LogP contribution in [0.15, 0.2) is 18.2 Å². The second-order valence-electron chi connectivity index (χ2n) is 7.83. The fourth-order valence-corrected chi connectivity index (χ4v) is 3.98. The third-order valence-electron chi connectivity index (χ3n) is 5.31. The van der Waals surface area contributed by atoms with E-state index in [1.54, 1.807) is 24.0 Å². The fourth-order valence-electron chi connectivity index (χ4n) is 3.98. The van der Waals surface area contributed by atoms with Crippen molar-refractivity contribution in [1.29, 1.82) is 0 Å². The highest BCUT2D eigenvalue weighted by molar-refractivity contribution is 5.90. The van der Waals surface area contributed by atoms with Gasteiger partial charge in [-0.3, -0.25) is 14.5 Å². The molecule has 2 aliphatic rings. The highest BCUT2D eigenvalue weighted by Gasteiger charge is 2.40. The van der Waals surface area contributed by atoms with Gasteiger partial charge in [-0.2, -0.15) is 0 Å². The van der Waals surface area contributed by atoms with Gasteiger partial charge in [-0.25, -0.2) is 13.6 Å². The molecule has 30 heavy (non-hydrogen) atoms. The van der Waals surface area contributed by atoms with Crippen molar-refractivity contribution >= 4 is 29.3 Å². The number of cyclic esters (lactones) is 1. The number of piperidine rings is 1. The smallest absolute Gasteiger partial charge is 0.414 e. The first-order valence-corrected chi connectivity index (χ1v) is 9.84. The van der Waals surface area contributed by atoms with Gasteiger partial charge in [-0.15, -0.1) is 0 Å². The van der Waals surface area contributed by atoms with E-state index in [9.17, 15) is 23.2 Å². The lowest BCUT2D eigenvalue weighted by molar-refractivity contribution is -0.124. The number of carbonyl (C=O) groups excluding carboxylic acids is 3. The number of carbonyl (C=O) groups is 3. The van der Waals surface area contributed by atoms with Crippen LogP contribution in [0.5, 0.6) is 0 Å². The van der Waals surface area contributed by atoms with Gasteiger partial charge in [-0.1, -0.05) is 0 Å². The van der Waals surface area contributed by atoms with E-state index in [4.69, 9.17) is 4.74 Å². The van der Waals surface area contributed by atoms with Crippen molar-refractivity contribution in [2.45, 2.75) is 51.6 Å². The number of amides is 3. The third-order valence-corrected chi connectivity index (χ3v) is 5.31. The van der Waals surface area contributed by atoms with Crippen molar-refractivity contribution in [3.05, 3.63) is 24.0 Å². The summed E-state index contributed by atoms with van der Waals surface area (Å²) < 4.78 is 34.9. The van der Waals surface area contributed by atoms with Crippen molar-refractivity contribution in [3.63, 3.8) is 0 Å². The van der Waals surface area contributed by atoms with Gasteiger partial charge in [0.1, 0.15) is 11.9 Å². The molecule has 2 N–H and O–H groups in total. The van der Waals surface area contributed by atoms with Crippen LogP contribution < -0.4 is 20.4 Å². The molecule has 2 fully saturated rings. The molecule has 0 bridgehead atoms. The number of halogens is 2. The van der Waals surface area contributed by atoms with Gasteiger partial charge in [-0.05, 0) is 25.1 Å².